The molecule has 0 spiro atoms. The summed E-state index contributed by atoms with van der Waals surface area (Å²) in [6, 6.07) is 15.6. The molecule has 2 heterocycles. The number of hydrogen-bond acceptors (Lipinski definition) is 3. The van der Waals surface area contributed by atoms with Crippen LogP contribution >= 0.6 is 0 Å². The highest BCUT2D eigenvalue weighted by Crippen LogP contribution is 2.28. The van der Waals surface area contributed by atoms with Gasteiger partial charge >= 0.3 is 0 Å². The lowest BCUT2D eigenvalue weighted by Crippen LogP contribution is -2.35. The largest absolute Gasteiger partial charge is 0.355 e. The summed E-state index contributed by atoms with van der Waals surface area (Å²) in [5, 5.41) is 0. The van der Waals surface area contributed by atoms with E-state index in [9.17, 15) is 0 Å². The molecular formula is C20H27N3. The first-order valence-corrected chi connectivity index (χ1v) is 8.59. The summed E-state index contributed by atoms with van der Waals surface area (Å²) in [4.78, 5) is 9.60. The highest BCUT2D eigenvalue weighted by atomic mass is 15.3. The van der Waals surface area contributed by atoms with Gasteiger partial charge in [-0.2, -0.15) is 0 Å². The van der Waals surface area contributed by atoms with Gasteiger partial charge in [-0.3, -0.25) is 4.90 Å². The Balaban J connectivity index is 1.67. The molecule has 3 rings (SSSR count). The fourth-order valence-corrected chi connectivity index (χ4v) is 3.44. The second-order valence-corrected chi connectivity index (χ2v) is 6.85. The van der Waals surface area contributed by atoms with Crippen molar-refractivity contribution in [3.05, 3.63) is 59.8 Å². The SMILES string of the molecule is CC(C)c1cccnc1N(C)[C@H]1CCN(Cc2ccccc2)C1. The van der Waals surface area contributed by atoms with Crippen LogP contribution in [0.1, 0.15) is 37.3 Å². The highest BCUT2D eigenvalue weighted by Gasteiger charge is 2.27. The van der Waals surface area contributed by atoms with Gasteiger partial charge in [-0.05, 0) is 29.5 Å². The fourth-order valence-electron chi connectivity index (χ4n) is 3.44. The molecule has 3 nitrogen and oxygen atoms in total. The standard InChI is InChI=1S/C20H27N3/c1-16(2)19-10-7-12-21-20(19)22(3)18-11-13-23(15-18)14-17-8-5-4-6-9-17/h4-10,12,16,18H,11,13-15H2,1-3H3/t18-/m0/s1. The number of aromatic nitrogens is 1. The molecule has 1 fully saturated rings. The summed E-state index contributed by atoms with van der Waals surface area (Å²) < 4.78 is 0. The van der Waals surface area contributed by atoms with E-state index >= 15 is 0 Å². The molecule has 1 aliphatic heterocycles. The molecular weight excluding hydrogens is 282 g/mol. The Hall–Kier alpha value is -1.87. The third-order valence-corrected chi connectivity index (χ3v) is 4.82. The first-order valence-electron chi connectivity index (χ1n) is 8.59. The minimum absolute atomic E-state index is 0.503. The molecule has 3 heteroatoms. The zero-order valence-corrected chi connectivity index (χ0v) is 14.4. The summed E-state index contributed by atoms with van der Waals surface area (Å²) in [5.74, 6) is 1.65. The summed E-state index contributed by atoms with van der Waals surface area (Å²) in [5.41, 5.74) is 2.74. The predicted octanol–water partition coefficient (Wildman–Crippen LogP) is 3.92. The molecule has 2 aromatic rings. The molecule has 0 unspecified atom stereocenters. The molecule has 0 aliphatic carbocycles. The van der Waals surface area contributed by atoms with E-state index in [-0.39, 0.29) is 0 Å². The minimum atomic E-state index is 0.503. The zero-order chi connectivity index (χ0) is 16.2. The number of nitrogens with zero attached hydrogens (tertiary/aromatic N) is 3. The van der Waals surface area contributed by atoms with Crippen LogP contribution in [0, 0.1) is 0 Å². The van der Waals surface area contributed by atoms with E-state index in [0.717, 1.165) is 25.5 Å². The van der Waals surface area contributed by atoms with E-state index in [1.807, 2.05) is 12.3 Å². The zero-order valence-electron chi connectivity index (χ0n) is 14.4. The van der Waals surface area contributed by atoms with Gasteiger partial charge in [0.05, 0.1) is 0 Å². The Kier molecular flexibility index (Phi) is 4.97. The van der Waals surface area contributed by atoms with Crippen molar-refractivity contribution in [2.24, 2.45) is 0 Å². The van der Waals surface area contributed by atoms with E-state index in [4.69, 9.17) is 0 Å². The van der Waals surface area contributed by atoms with Crippen LogP contribution in [-0.4, -0.2) is 36.1 Å². The molecule has 1 aromatic carbocycles. The Labute approximate surface area is 140 Å². The second kappa shape index (κ2) is 7.14. The molecule has 0 saturated carbocycles. The van der Waals surface area contributed by atoms with Crippen molar-refractivity contribution in [1.82, 2.24) is 9.88 Å². The van der Waals surface area contributed by atoms with Gasteiger partial charge in [-0.15, -0.1) is 0 Å². The third-order valence-electron chi connectivity index (χ3n) is 4.82. The summed E-state index contributed by atoms with van der Waals surface area (Å²) in [6.07, 6.45) is 3.12. The maximum Gasteiger partial charge on any atom is 0.131 e. The van der Waals surface area contributed by atoms with Crippen LogP contribution in [0.25, 0.3) is 0 Å². The number of likely N-dealkylation sites (tertiary alicyclic amines) is 1. The Morgan fingerprint density at radius 2 is 1.96 bits per heavy atom. The molecule has 122 valence electrons. The summed E-state index contributed by atoms with van der Waals surface area (Å²) >= 11 is 0. The monoisotopic (exact) mass is 309 g/mol. The van der Waals surface area contributed by atoms with Crippen LogP contribution in [0.3, 0.4) is 0 Å². The molecule has 0 amide bonds. The van der Waals surface area contributed by atoms with Crippen molar-refractivity contribution < 1.29 is 0 Å². The molecule has 1 aromatic heterocycles. The molecule has 1 saturated heterocycles. The van der Waals surface area contributed by atoms with Crippen molar-refractivity contribution in [1.29, 1.82) is 0 Å². The van der Waals surface area contributed by atoms with E-state index < -0.39 is 0 Å². The van der Waals surface area contributed by atoms with Gasteiger partial charge in [0.15, 0.2) is 0 Å². The van der Waals surface area contributed by atoms with Crippen LogP contribution in [0.4, 0.5) is 5.82 Å². The smallest absolute Gasteiger partial charge is 0.131 e. The average molecular weight is 309 g/mol. The maximum atomic E-state index is 4.66. The van der Waals surface area contributed by atoms with Crippen LogP contribution in [-0.2, 0) is 6.54 Å². The number of rotatable bonds is 5. The van der Waals surface area contributed by atoms with Gasteiger partial charge in [0.2, 0.25) is 0 Å². The van der Waals surface area contributed by atoms with Crippen molar-refractivity contribution in [2.75, 3.05) is 25.0 Å². The highest BCUT2D eigenvalue weighted by molar-refractivity contribution is 5.48. The molecule has 0 N–H and O–H groups in total. The van der Waals surface area contributed by atoms with Gasteiger partial charge in [0, 0.05) is 38.9 Å². The maximum absolute atomic E-state index is 4.66. The van der Waals surface area contributed by atoms with E-state index in [1.165, 1.54) is 17.5 Å². The third kappa shape index (κ3) is 3.73. The number of hydrogen-bond donors (Lipinski definition) is 0. The molecule has 0 radical (unpaired) electrons. The average Bonchev–Trinajstić information content (AvgIpc) is 3.03. The lowest BCUT2D eigenvalue weighted by atomic mass is 10.0. The van der Waals surface area contributed by atoms with Crippen molar-refractivity contribution in [2.45, 2.75) is 38.8 Å². The summed E-state index contributed by atoms with van der Waals surface area (Å²) in [7, 11) is 2.20. The van der Waals surface area contributed by atoms with Gasteiger partial charge in [-0.25, -0.2) is 4.98 Å². The number of likely N-dealkylation sites (N-methyl/N-ethyl adjacent to an activating group) is 1. The van der Waals surface area contributed by atoms with Crippen LogP contribution in [0.15, 0.2) is 48.7 Å². The van der Waals surface area contributed by atoms with E-state index in [2.05, 4.69) is 72.1 Å². The van der Waals surface area contributed by atoms with Crippen molar-refractivity contribution in [3.8, 4) is 0 Å². The van der Waals surface area contributed by atoms with Crippen molar-refractivity contribution in [3.63, 3.8) is 0 Å². The molecule has 1 atom stereocenters. The van der Waals surface area contributed by atoms with E-state index in [1.54, 1.807) is 0 Å². The lowest BCUT2D eigenvalue weighted by Gasteiger charge is -2.28. The van der Waals surface area contributed by atoms with Gasteiger partial charge < -0.3 is 4.90 Å². The Morgan fingerprint density at radius 3 is 2.70 bits per heavy atom. The summed E-state index contributed by atoms with van der Waals surface area (Å²) in [6.45, 7) is 7.80. The number of anilines is 1. The second-order valence-electron chi connectivity index (χ2n) is 6.85. The fraction of sp³-hybridized carbons (Fsp3) is 0.450. The molecule has 23 heavy (non-hydrogen) atoms. The van der Waals surface area contributed by atoms with Gasteiger partial charge in [0.1, 0.15) is 5.82 Å². The van der Waals surface area contributed by atoms with Gasteiger partial charge in [-0.1, -0.05) is 50.2 Å². The Morgan fingerprint density at radius 1 is 1.17 bits per heavy atom. The van der Waals surface area contributed by atoms with Crippen LogP contribution in [0.5, 0.6) is 0 Å². The molecule has 0 bridgehead atoms. The number of pyridine rings is 1. The lowest BCUT2D eigenvalue weighted by molar-refractivity contribution is 0.326. The molecule has 1 aliphatic rings. The normalized spacial score (nSPS) is 18.5. The topological polar surface area (TPSA) is 19.4 Å². The predicted molar refractivity (Wildman–Crippen MR) is 96.9 cm³/mol. The minimum Gasteiger partial charge on any atom is -0.355 e. The van der Waals surface area contributed by atoms with Crippen LogP contribution in [0.2, 0.25) is 0 Å². The van der Waals surface area contributed by atoms with E-state index in [0.29, 0.717) is 12.0 Å². The number of benzene rings is 1. The van der Waals surface area contributed by atoms with Crippen LogP contribution < -0.4 is 4.90 Å². The van der Waals surface area contributed by atoms with Gasteiger partial charge in [0.25, 0.3) is 0 Å². The first-order chi connectivity index (χ1) is 11.1. The van der Waals surface area contributed by atoms with Crippen molar-refractivity contribution >= 4 is 5.82 Å². The first kappa shape index (κ1) is 16.0. The quantitative estimate of drug-likeness (QED) is 0.834. The Bertz CT molecular complexity index is 624.